The molecule has 0 aliphatic carbocycles. The summed E-state index contributed by atoms with van der Waals surface area (Å²) in [5, 5.41) is 9.16. The molecule has 1 heterocycles. The highest BCUT2D eigenvalue weighted by molar-refractivity contribution is 5.91. The number of aromatic carboxylic acids is 1. The van der Waals surface area contributed by atoms with E-state index in [0.29, 0.717) is 12.3 Å². The van der Waals surface area contributed by atoms with Crippen molar-refractivity contribution in [1.82, 2.24) is 4.90 Å². The molecule has 1 saturated heterocycles. The van der Waals surface area contributed by atoms with Gasteiger partial charge in [0.05, 0.1) is 13.2 Å². The third kappa shape index (κ3) is 3.94. The smallest absolute Gasteiger partial charge is 0.410 e. The number of carbonyl (C=O) groups is 2. The Labute approximate surface area is 136 Å². The number of nitrogens with zero attached hydrogens (tertiary/aromatic N) is 1. The fourth-order valence-electron chi connectivity index (χ4n) is 2.74. The summed E-state index contributed by atoms with van der Waals surface area (Å²) in [5.41, 5.74) is 0.419. The summed E-state index contributed by atoms with van der Waals surface area (Å²) in [5.74, 6) is -0.741. The molecular formula is C17H23NO5. The highest BCUT2D eigenvalue weighted by atomic mass is 16.6. The number of benzene rings is 1. The van der Waals surface area contributed by atoms with Crippen LogP contribution in [0.2, 0.25) is 0 Å². The van der Waals surface area contributed by atoms with E-state index >= 15 is 0 Å². The fraction of sp³-hybridized carbons (Fsp3) is 0.529. The molecular weight excluding hydrogens is 298 g/mol. The maximum Gasteiger partial charge on any atom is 0.410 e. The third-order valence-corrected chi connectivity index (χ3v) is 3.72. The molecule has 0 saturated carbocycles. The quantitative estimate of drug-likeness (QED) is 0.922. The van der Waals surface area contributed by atoms with Gasteiger partial charge in [-0.3, -0.25) is 0 Å². The van der Waals surface area contributed by atoms with Crippen LogP contribution in [0.25, 0.3) is 0 Å². The first kappa shape index (κ1) is 17.1. The van der Waals surface area contributed by atoms with Gasteiger partial charge in [0.1, 0.15) is 16.9 Å². The molecule has 1 aromatic rings. The predicted molar refractivity (Wildman–Crippen MR) is 84.9 cm³/mol. The lowest BCUT2D eigenvalue weighted by Gasteiger charge is -2.29. The molecule has 1 fully saturated rings. The van der Waals surface area contributed by atoms with Gasteiger partial charge in [-0.1, -0.05) is 6.07 Å². The Morgan fingerprint density at radius 1 is 1.30 bits per heavy atom. The van der Waals surface area contributed by atoms with E-state index in [1.54, 1.807) is 17.0 Å². The second kappa shape index (κ2) is 6.48. The van der Waals surface area contributed by atoms with Gasteiger partial charge in [-0.2, -0.15) is 0 Å². The van der Waals surface area contributed by atoms with Crippen molar-refractivity contribution < 1.29 is 24.2 Å². The summed E-state index contributed by atoms with van der Waals surface area (Å²) >= 11 is 0. The fourth-order valence-corrected chi connectivity index (χ4v) is 2.74. The third-order valence-electron chi connectivity index (χ3n) is 3.72. The number of likely N-dealkylation sites (tertiary alicyclic amines) is 1. The lowest BCUT2D eigenvalue weighted by Crippen LogP contribution is -2.36. The van der Waals surface area contributed by atoms with Gasteiger partial charge < -0.3 is 19.5 Å². The summed E-state index contributed by atoms with van der Waals surface area (Å²) in [7, 11) is 1.44. The molecule has 0 spiro atoms. The first-order valence-electron chi connectivity index (χ1n) is 7.64. The number of methoxy groups -OCH3 is 1. The van der Waals surface area contributed by atoms with E-state index in [9.17, 15) is 9.59 Å². The molecule has 6 nitrogen and oxygen atoms in total. The Hall–Kier alpha value is -2.24. The van der Waals surface area contributed by atoms with Gasteiger partial charge in [0, 0.05) is 6.54 Å². The zero-order valence-electron chi connectivity index (χ0n) is 14.0. The summed E-state index contributed by atoms with van der Waals surface area (Å²) in [6.45, 7) is 6.13. The molecule has 126 valence electrons. The van der Waals surface area contributed by atoms with Gasteiger partial charge in [-0.15, -0.1) is 0 Å². The van der Waals surface area contributed by atoms with Crippen LogP contribution in [0.5, 0.6) is 5.75 Å². The topological polar surface area (TPSA) is 76.1 Å². The van der Waals surface area contributed by atoms with Crippen LogP contribution in [0.1, 0.15) is 55.6 Å². The minimum absolute atomic E-state index is 0.109. The maximum absolute atomic E-state index is 12.4. The lowest BCUT2D eigenvalue weighted by atomic mass is 10.0. The van der Waals surface area contributed by atoms with Crippen molar-refractivity contribution in [3.63, 3.8) is 0 Å². The van der Waals surface area contributed by atoms with Crippen molar-refractivity contribution in [2.45, 2.75) is 45.3 Å². The number of carbonyl (C=O) groups excluding carboxylic acids is 1. The number of carboxylic acid groups (broad SMARTS) is 1. The maximum atomic E-state index is 12.4. The number of rotatable bonds is 3. The van der Waals surface area contributed by atoms with Gasteiger partial charge >= 0.3 is 12.1 Å². The predicted octanol–water partition coefficient (Wildman–Crippen LogP) is 3.47. The molecule has 1 atom stereocenters. The second-order valence-electron chi connectivity index (χ2n) is 6.60. The number of hydrogen-bond donors (Lipinski definition) is 1. The van der Waals surface area contributed by atoms with Crippen molar-refractivity contribution >= 4 is 12.1 Å². The molecule has 0 aromatic heterocycles. The van der Waals surface area contributed by atoms with Gasteiger partial charge in [-0.25, -0.2) is 9.59 Å². The first-order chi connectivity index (χ1) is 10.7. The van der Waals surface area contributed by atoms with Crippen LogP contribution in [-0.2, 0) is 4.74 Å². The van der Waals surface area contributed by atoms with Crippen LogP contribution in [0.15, 0.2) is 18.2 Å². The zero-order chi connectivity index (χ0) is 17.2. The molecule has 1 aliphatic heterocycles. The van der Waals surface area contributed by atoms with E-state index in [1.807, 2.05) is 20.8 Å². The van der Waals surface area contributed by atoms with Crippen molar-refractivity contribution in [3.05, 3.63) is 29.3 Å². The molecule has 23 heavy (non-hydrogen) atoms. The molecule has 0 unspecified atom stereocenters. The van der Waals surface area contributed by atoms with Crippen molar-refractivity contribution in [1.29, 1.82) is 0 Å². The summed E-state index contributed by atoms with van der Waals surface area (Å²) in [6.07, 6.45) is 1.35. The van der Waals surface area contributed by atoms with Crippen molar-refractivity contribution in [2.75, 3.05) is 13.7 Å². The average molecular weight is 321 g/mol. The van der Waals surface area contributed by atoms with E-state index in [2.05, 4.69) is 0 Å². The summed E-state index contributed by atoms with van der Waals surface area (Å²) in [6, 6.07) is 4.82. The van der Waals surface area contributed by atoms with Crippen LogP contribution in [-0.4, -0.2) is 41.3 Å². The monoisotopic (exact) mass is 321 g/mol. The van der Waals surface area contributed by atoms with Gasteiger partial charge in [0.15, 0.2) is 0 Å². The Balaban J connectivity index is 2.26. The van der Waals surface area contributed by atoms with E-state index in [4.69, 9.17) is 14.6 Å². The standard InChI is InChI=1S/C17H23NO5/c1-17(2,3)23-16(21)18-9-5-6-13(18)11-7-8-12(15(19)20)14(10-11)22-4/h7-8,10,13H,5-6,9H2,1-4H3,(H,19,20)/t13-/m0/s1. The summed E-state index contributed by atoms with van der Waals surface area (Å²) in [4.78, 5) is 25.2. The molecule has 1 amide bonds. The first-order valence-corrected chi connectivity index (χ1v) is 7.64. The zero-order valence-corrected chi connectivity index (χ0v) is 14.0. The van der Waals surface area contributed by atoms with Crippen LogP contribution < -0.4 is 4.74 Å². The van der Waals surface area contributed by atoms with Crippen molar-refractivity contribution in [2.24, 2.45) is 0 Å². The van der Waals surface area contributed by atoms with Crippen LogP contribution in [0.4, 0.5) is 4.79 Å². The number of amides is 1. The second-order valence-corrected chi connectivity index (χ2v) is 6.60. The SMILES string of the molecule is COc1cc([C@@H]2CCCN2C(=O)OC(C)(C)C)ccc1C(=O)O. The minimum Gasteiger partial charge on any atom is -0.496 e. The van der Waals surface area contributed by atoms with E-state index in [-0.39, 0.29) is 17.7 Å². The van der Waals surface area contributed by atoms with Gasteiger partial charge in [-0.05, 0) is 51.3 Å². The molecule has 0 radical (unpaired) electrons. The van der Waals surface area contributed by atoms with Gasteiger partial charge in [0.2, 0.25) is 0 Å². The number of hydrogen-bond acceptors (Lipinski definition) is 4. The van der Waals surface area contributed by atoms with Crippen molar-refractivity contribution in [3.8, 4) is 5.75 Å². The average Bonchev–Trinajstić information content (AvgIpc) is 2.94. The Kier molecular flexibility index (Phi) is 4.82. The Morgan fingerprint density at radius 3 is 2.57 bits per heavy atom. The minimum atomic E-state index is -1.04. The molecule has 0 bridgehead atoms. The Morgan fingerprint density at radius 2 is 2.00 bits per heavy atom. The molecule has 1 aliphatic rings. The van der Waals surface area contributed by atoms with Gasteiger partial charge in [0.25, 0.3) is 0 Å². The van der Waals surface area contributed by atoms with Crippen LogP contribution >= 0.6 is 0 Å². The van der Waals surface area contributed by atoms with Crippen LogP contribution in [0.3, 0.4) is 0 Å². The molecule has 2 rings (SSSR count). The van der Waals surface area contributed by atoms with E-state index in [1.165, 1.54) is 13.2 Å². The van der Waals surface area contributed by atoms with E-state index in [0.717, 1.165) is 18.4 Å². The highest BCUT2D eigenvalue weighted by Crippen LogP contribution is 2.35. The highest BCUT2D eigenvalue weighted by Gasteiger charge is 2.33. The Bertz CT molecular complexity index is 605. The molecule has 1 aromatic carbocycles. The summed E-state index contributed by atoms with van der Waals surface area (Å²) < 4.78 is 10.6. The van der Waals surface area contributed by atoms with Crippen LogP contribution in [0, 0.1) is 0 Å². The molecule has 1 N–H and O–H groups in total. The largest absolute Gasteiger partial charge is 0.496 e. The molecule has 6 heteroatoms. The van der Waals surface area contributed by atoms with E-state index < -0.39 is 11.6 Å². The lowest BCUT2D eigenvalue weighted by molar-refractivity contribution is 0.0224. The number of carboxylic acids is 1. The normalized spacial score (nSPS) is 17.9. The number of ether oxygens (including phenoxy) is 2.